The Labute approximate surface area is 101 Å². The summed E-state index contributed by atoms with van der Waals surface area (Å²) in [6.45, 7) is 7.75. The van der Waals surface area contributed by atoms with Crippen LogP contribution in [0.25, 0.3) is 11.2 Å². The van der Waals surface area contributed by atoms with Gasteiger partial charge in [-0.3, -0.25) is 4.98 Å². The third kappa shape index (κ3) is 2.18. The fourth-order valence-corrected chi connectivity index (χ4v) is 1.76. The van der Waals surface area contributed by atoms with Gasteiger partial charge in [-0.15, -0.1) is 0 Å². The van der Waals surface area contributed by atoms with E-state index in [0.29, 0.717) is 0 Å². The van der Waals surface area contributed by atoms with Crippen molar-refractivity contribution in [3.05, 3.63) is 60.9 Å². The van der Waals surface area contributed by atoms with Crippen molar-refractivity contribution >= 4 is 11.2 Å². The third-order valence-corrected chi connectivity index (χ3v) is 2.64. The molecule has 0 saturated carbocycles. The summed E-state index contributed by atoms with van der Waals surface area (Å²) in [4.78, 5) is 8.64. The predicted octanol–water partition coefficient (Wildman–Crippen LogP) is 3.18. The number of rotatable bonds is 3. The maximum absolute atomic E-state index is 4.56. The van der Waals surface area contributed by atoms with Gasteiger partial charge in [-0.1, -0.05) is 30.9 Å². The second-order valence-corrected chi connectivity index (χ2v) is 3.82. The highest BCUT2D eigenvalue weighted by atomic mass is 15.0. The first-order chi connectivity index (χ1) is 8.24. The Morgan fingerprint density at radius 2 is 2.24 bits per heavy atom. The van der Waals surface area contributed by atoms with E-state index in [0.717, 1.165) is 22.6 Å². The maximum Gasteiger partial charge on any atom is 0.156 e. The van der Waals surface area contributed by atoms with Crippen molar-refractivity contribution in [3.63, 3.8) is 0 Å². The van der Waals surface area contributed by atoms with Crippen LogP contribution in [0.2, 0.25) is 0 Å². The predicted molar refractivity (Wildman–Crippen MR) is 70.7 cm³/mol. The van der Waals surface area contributed by atoms with Crippen LogP contribution < -0.4 is 0 Å². The van der Waals surface area contributed by atoms with Crippen LogP contribution in [-0.2, 0) is 0 Å². The normalized spacial score (nSPS) is 12.5. The molecule has 0 aliphatic rings. The molecule has 0 aliphatic carbocycles. The van der Waals surface area contributed by atoms with Crippen molar-refractivity contribution in [1.82, 2.24) is 14.4 Å². The van der Waals surface area contributed by atoms with Crippen molar-refractivity contribution in [2.45, 2.75) is 13.8 Å². The van der Waals surface area contributed by atoms with Crippen molar-refractivity contribution in [2.75, 3.05) is 0 Å². The first-order valence-corrected chi connectivity index (χ1v) is 5.49. The van der Waals surface area contributed by atoms with E-state index in [-0.39, 0.29) is 0 Å². The van der Waals surface area contributed by atoms with Gasteiger partial charge in [-0.05, 0) is 19.4 Å². The molecule has 3 heteroatoms. The molecular weight excluding hydrogens is 210 g/mol. The number of aryl methyl sites for hydroxylation is 1. The van der Waals surface area contributed by atoms with Crippen molar-refractivity contribution < 1.29 is 0 Å². The molecule has 2 rings (SSSR count). The Kier molecular flexibility index (Phi) is 3.19. The molecule has 2 aromatic heterocycles. The van der Waals surface area contributed by atoms with Gasteiger partial charge in [0.25, 0.3) is 0 Å². The highest BCUT2D eigenvalue weighted by Gasteiger charge is 2.08. The summed E-state index contributed by atoms with van der Waals surface area (Å²) in [6.07, 6.45) is 13.1. The molecule has 0 unspecified atom stereocenters. The Morgan fingerprint density at radius 3 is 2.94 bits per heavy atom. The third-order valence-electron chi connectivity index (χ3n) is 2.64. The van der Waals surface area contributed by atoms with Crippen LogP contribution in [0, 0.1) is 6.92 Å². The highest BCUT2D eigenvalue weighted by molar-refractivity contribution is 5.66. The van der Waals surface area contributed by atoms with Crippen LogP contribution in [0.5, 0.6) is 0 Å². The zero-order valence-corrected chi connectivity index (χ0v) is 10.1. The minimum atomic E-state index is 0.875. The molecule has 0 amide bonds. The molecule has 0 N–H and O–H groups in total. The number of hydrogen-bond donors (Lipinski definition) is 0. The number of nitrogens with zero attached hydrogens (tertiary/aromatic N) is 3. The molecular formula is C14H15N3. The fraction of sp³-hybridized carbons (Fsp3) is 0.143. The molecule has 0 bridgehead atoms. The Balaban J connectivity index is 2.48. The molecule has 0 aromatic carbocycles. The summed E-state index contributed by atoms with van der Waals surface area (Å²) in [5.41, 5.74) is 4.14. The van der Waals surface area contributed by atoms with Crippen molar-refractivity contribution in [3.8, 4) is 0 Å². The van der Waals surface area contributed by atoms with E-state index in [1.165, 1.54) is 0 Å². The average molecular weight is 225 g/mol. The largest absolute Gasteiger partial charge is 0.301 e. The van der Waals surface area contributed by atoms with Crippen LogP contribution in [0.15, 0.2) is 49.5 Å². The zero-order valence-electron chi connectivity index (χ0n) is 10.1. The highest BCUT2D eigenvalue weighted by Crippen LogP contribution is 2.18. The Hall–Kier alpha value is -2.16. The second-order valence-electron chi connectivity index (χ2n) is 3.82. The van der Waals surface area contributed by atoms with E-state index in [4.69, 9.17) is 0 Å². The van der Waals surface area contributed by atoms with Crippen molar-refractivity contribution in [2.24, 2.45) is 0 Å². The van der Waals surface area contributed by atoms with Crippen LogP contribution in [-0.4, -0.2) is 14.4 Å². The summed E-state index contributed by atoms with van der Waals surface area (Å²) in [7, 11) is 0. The van der Waals surface area contributed by atoms with Crippen LogP contribution in [0.3, 0.4) is 0 Å². The lowest BCUT2D eigenvalue weighted by atomic mass is 10.1. The number of imidazole rings is 1. The van der Waals surface area contributed by atoms with Gasteiger partial charge < -0.3 is 4.40 Å². The molecule has 2 heterocycles. The monoisotopic (exact) mass is 225 g/mol. The molecule has 0 atom stereocenters. The second kappa shape index (κ2) is 4.78. The fourth-order valence-electron chi connectivity index (χ4n) is 1.76. The number of hydrogen-bond acceptors (Lipinski definition) is 2. The average Bonchev–Trinajstić information content (AvgIpc) is 2.68. The minimum Gasteiger partial charge on any atom is -0.301 e. The lowest BCUT2D eigenvalue weighted by Crippen LogP contribution is -1.88. The molecule has 0 radical (unpaired) electrons. The number of fused-ring (bicyclic) bond motifs is 1. The van der Waals surface area contributed by atoms with Gasteiger partial charge in [-0.25, -0.2) is 4.98 Å². The molecule has 0 aliphatic heterocycles. The standard InChI is InChI=1S/C14H15N3/c1-4-5-6-7-11(2)14-12(3)17-9-8-15-10-13(17)16-14/h4-10H,1H2,2-3H3/b6-5-,11-7+. The van der Waals surface area contributed by atoms with Gasteiger partial charge >= 0.3 is 0 Å². The summed E-state index contributed by atoms with van der Waals surface area (Å²) in [5.74, 6) is 0. The van der Waals surface area contributed by atoms with E-state index in [1.807, 2.05) is 28.8 Å². The summed E-state index contributed by atoms with van der Waals surface area (Å²) < 4.78 is 2.04. The lowest BCUT2D eigenvalue weighted by molar-refractivity contribution is 1.07. The van der Waals surface area contributed by atoms with E-state index >= 15 is 0 Å². The van der Waals surface area contributed by atoms with Gasteiger partial charge in [-0.2, -0.15) is 0 Å². The van der Waals surface area contributed by atoms with Gasteiger partial charge in [0.05, 0.1) is 11.9 Å². The van der Waals surface area contributed by atoms with E-state index < -0.39 is 0 Å². The van der Waals surface area contributed by atoms with Crippen molar-refractivity contribution in [1.29, 1.82) is 0 Å². The number of allylic oxidation sites excluding steroid dienone is 5. The van der Waals surface area contributed by atoms with Crippen LogP contribution in [0.1, 0.15) is 18.3 Å². The molecule has 0 saturated heterocycles. The van der Waals surface area contributed by atoms with Crippen LogP contribution >= 0.6 is 0 Å². The molecule has 0 spiro atoms. The zero-order chi connectivity index (χ0) is 12.3. The SMILES string of the molecule is C=C/C=C\C=C(/C)c1nc2cnccn2c1C. The van der Waals surface area contributed by atoms with Gasteiger partial charge in [0.1, 0.15) is 0 Å². The summed E-state index contributed by atoms with van der Waals surface area (Å²) in [6, 6.07) is 0. The van der Waals surface area contributed by atoms with Gasteiger partial charge in [0.15, 0.2) is 5.65 Å². The lowest BCUT2D eigenvalue weighted by Gasteiger charge is -1.97. The van der Waals surface area contributed by atoms with Gasteiger partial charge in [0.2, 0.25) is 0 Å². The van der Waals surface area contributed by atoms with Gasteiger partial charge in [0, 0.05) is 18.1 Å². The number of aromatic nitrogens is 3. The molecule has 17 heavy (non-hydrogen) atoms. The minimum absolute atomic E-state index is 0.875. The quantitative estimate of drug-likeness (QED) is 0.751. The summed E-state index contributed by atoms with van der Waals surface area (Å²) in [5, 5.41) is 0. The maximum atomic E-state index is 4.56. The Morgan fingerprint density at radius 1 is 1.41 bits per heavy atom. The topological polar surface area (TPSA) is 30.2 Å². The van der Waals surface area contributed by atoms with E-state index in [9.17, 15) is 0 Å². The molecule has 86 valence electrons. The smallest absolute Gasteiger partial charge is 0.156 e. The van der Waals surface area contributed by atoms with Crippen LogP contribution in [0.4, 0.5) is 0 Å². The Bertz CT molecular complexity index is 603. The molecule has 3 nitrogen and oxygen atoms in total. The molecule has 2 aromatic rings. The first-order valence-electron chi connectivity index (χ1n) is 5.49. The van der Waals surface area contributed by atoms with E-state index in [2.05, 4.69) is 30.4 Å². The van der Waals surface area contributed by atoms with E-state index in [1.54, 1.807) is 18.5 Å². The summed E-state index contributed by atoms with van der Waals surface area (Å²) >= 11 is 0. The first kappa shape index (κ1) is 11.3. The molecule has 0 fully saturated rings.